The summed E-state index contributed by atoms with van der Waals surface area (Å²) >= 11 is 0. The van der Waals surface area contributed by atoms with Crippen LogP contribution in [0.2, 0.25) is 0 Å². The lowest BCUT2D eigenvalue weighted by Crippen LogP contribution is -2.63. The molecule has 1 heterocycles. The molecule has 0 aliphatic carbocycles. The van der Waals surface area contributed by atoms with E-state index in [9.17, 15) is 14.6 Å². The van der Waals surface area contributed by atoms with Gasteiger partial charge in [-0.05, 0) is 47.5 Å². The Balaban J connectivity index is 2.71. The van der Waals surface area contributed by atoms with E-state index >= 15 is 0 Å². The Morgan fingerprint density at radius 2 is 1.82 bits per heavy atom. The van der Waals surface area contributed by atoms with Crippen molar-refractivity contribution in [1.29, 1.82) is 0 Å². The molecule has 0 saturated carbocycles. The zero-order chi connectivity index (χ0) is 17.2. The van der Waals surface area contributed by atoms with Crippen LogP contribution in [0.3, 0.4) is 0 Å². The van der Waals surface area contributed by atoms with E-state index in [0.717, 1.165) is 0 Å². The smallest absolute Gasteiger partial charge is 0.339 e. The monoisotopic (exact) mass is 336 g/mol. The highest BCUT2D eigenvalue weighted by Crippen LogP contribution is 2.46. The van der Waals surface area contributed by atoms with Crippen LogP contribution in [-0.2, 0) is 18.4 Å². The van der Waals surface area contributed by atoms with Crippen molar-refractivity contribution in [3.8, 4) is 0 Å². The van der Waals surface area contributed by atoms with Gasteiger partial charge in [0, 0.05) is 24.2 Å². The van der Waals surface area contributed by atoms with E-state index in [0.29, 0.717) is 12.8 Å². The van der Waals surface area contributed by atoms with E-state index in [1.54, 1.807) is 6.92 Å². The molecule has 0 aromatic carbocycles. The van der Waals surface area contributed by atoms with Crippen molar-refractivity contribution in [2.45, 2.75) is 64.6 Å². The first-order valence-electron chi connectivity index (χ1n) is 7.54. The molecule has 1 amide bonds. The van der Waals surface area contributed by atoms with Gasteiger partial charge in [-0.15, -0.1) is 0 Å². The largest absolute Gasteiger partial charge is 0.353 e. The predicted molar refractivity (Wildman–Crippen MR) is 84.1 cm³/mol. The Labute approximate surface area is 132 Å². The minimum absolute atomic E-state index is 0.104. The summed E-state index contributed by atoms with van der Waals surface area (Å²) in [4.78, 5) is 12.1. The highest BCUT2D eigenvalue weighted by atomic mass is 31.2. The molecule has 2 N–H and O–H groups in total. The van der Waals surface area contributed by atoms with Gasteiger partial charge in [0.25, 0.3) is 0 Å². The third kappa shape index (κ3) is 4.77. The van der Waals surface area contributed by atoms with Crippen molar-refractivity contribution in [1.82, 2.24) is 10.4 Å². The lowest BCUT2D eigenvalue weighted by Gasteiger charge is -2.51. The number of piperidine rings is 1. The number of nitrogens with zero attached hydrogens (tertiary/aromatic N) is 1. The SMILES string of the molecule is CCOP(=O)(CC(=O)NC1CC(C)(C)N(O)C(C)(C)C1)OC. The van der Waals surface area contributed by atoms with Gasteiger partial charge in [-0.3, -0.25) is 9.36 Å². The van der Waals surface area contributed by atoms with Crippen molar-refractivity contribution >= 4 is 13.5 Å². The van der Waals surface area contributed by atoms with Gasteiger partial charge in [0.15, 0.2) is 0 Å². The molecule has 1 atom stereocenters. The second-order valence-corrected chi connectivity index (χ2v) is 9.14. The molecule has 22 heavy (non-hydrogen) atoms. The quantitative estimate of drug-likeness (QED) is 0.724. The molecule has 1 saturated heterocycles. The van der Waals surface area contributed by atoms with Crippen molar-refractivity contribution < 1.29 is 23.6 Å². The number of rotatable bonds is 6. The fraction of sp³-hybridized carbons (Fsp3) is 0.929. The topological polar surface area (TPSA) is 88.1 Å². The highest BCUT2D eigenvalue weighted by molar-refractivity contribution is 7.54. The number of carbonyl (C=O) groups excluding carboxylic acids is 1. The van der Waals surface area contributed by atoms with Gasteiger partial charge in [0.2, 0.25) is 5.91 Å². The normalized spacial score (nSPS) is 24.7. The van der Waals surface area contributed by atoms with Crippen molar-refractivity contribution in [3.63, 3.8) is 0 Å². The molecule has 1 rings (SSSR count). The molecule has 0 aromatic heterocycles. The van der Waals surface area contributed by atoms with Crippen LogP contribution in [-0.4, -0.2) is 53.2 Å². The fourth-order valence-corrected chi connectivity index (χ4v) is 4.34. The summed E-state index contributed by atoms with van der Waals surface area (Å²) < 4.78 is 22.1. The Morgan fingerprint density at radius 1 is 1.32 bits per heavy atom. The molecule has 8 heteroatoms. The molecule has 1 fully saturated rings. The zero-order valence-corrected chi connectivity index (χ0v) is 15.3. The first-order valence-corrected chi connectivity index (χ1v) is 9.26. The number of hydroxylamine groups is 2. The van der Waals surface area contributed by atoms with Crippen LogP contribution in [0.5, 0.6) is 0 Å². The molecule has 1 aliphatic heterocycles. The van der Waals surface area contributed by atoms with Crippen molar-refractivity contribution in [3.05, 3.63) is 0 Å². The van der Waals surface area contributed by atoms with Gasteiger partial charge < -0.3 is 19.6 Å². The van der Waals surface area contributed by atoms with E-state index in [1.807, 2.05) is 27.7 Å². The van der Waals surface area contributed by atoms with Crippen molar-refractivity contribution in [2.75, 3.05) is 19.9 Å². The fourth-order valence-electron chi connectivity index (χ4n) is 3.18. The molecule has 130 valence electrons. The van der Waals surface area contributed by atoms with Crippen LogP contribution in [0.1, 0.15) is 47.5 Å². The summed E-state index contributed by atoms with van der Waals surface area (Å²) in [5.74, 6) is -0.360. The standard InChI is InChI=1S/C14H29N2O5P/c1-7-21-22(19,20-6)10-12(17)15-11-8-13(2,3)16(18)14(4,5)9-11/h11,18H,7-10H2,1-6H3,(H,15,17). The molecular formula is C14H29N2O5P. The second kappa shape index (κ2) is 6.97. The molecule has 0 bridgehead atoms. The van der Waals surface area contributed by atoms with E-state index in [1.165, 1.54) is 12.2 Å². The van der Waals surface area contributed by atoms with Gasteiger partial charge >= 0.3 is 7.60 Å². The first-order chi connectivity index (χ1) is 9.96. The van der Waals surface area contributed by atoms with Crippen LogP contribution >= 0.6 is 7.60 Å². The minimum atomic E-state index is -3.37. The molecule has 1 aliphatic rings. The van der Waals surface area contributed by atoms with Gasteiger partial charge in [0.05, 0.1) is 6.61 Å². The predicted octanol–water partition coefficient (Wildman–Crippen LogP) is 2.39. The third-order valence-electron chi connectivity index (χ3n) is 3.94. The summed E-state index contributed by atoms with van der Waals surface area (Å²) in [6.07, 6.45) is 0.909. The average Bonchev–Trinajstić information content (AvgIpc) is 2.35. The number of hydrogen-bond acceptors (Lipinski definition) is 6. The molecule has 0 spiro atoms. The summed E-state index contributed by atoms with van der Waals surface area (Å²) in [6, 6.07) is -0.104. The number of hydrogen-bond donors (Lipinski definition) is 2. The Bertz CT molecular complexity index is 435. The lowest BCUT2D eigenvalue weighted by molar-refractivity contribution is -0.246. The summed E-state index contributed by atoms with van der Waals surface area (Å²) in [7, 11) is -2.09. The Kier molecular flexibility index (Phi) is 6.21. The van der Waals surface area contributed by atoms with Crippen LogP contribution < -0.4 is 5.32 Å². The minimum Gasteiger partial charge on any atom is -0.353 e. The van der Waals surface area contributed by atoms with E-state index in [-0.39, 0.29) is 24.7 Å². The highest BCUT2D eigenvalue weighted by Gasteiger charge is 2.45. The van der Waals surface area contributed by atoms with Gasteiger partial charge in [-0.1, -0.05) is 0 Å². The number of nitrogens with one attached hydrogen (secondary N) is 1. The number of amides is 1. The Hall–Kier alpha value is -0.460. The summed E-state index contributed by atoms with van der Waals surface area (Å²) in [5.41, 5.74) is -0.908. The van der Waals surface area contributed by atoms with E-state index < -0.39 is 18.7 Å². The van der Waals surface area contributed by atoms with Crippen molar-refractivity contribution in [2.24, 2.45) is 0 Å². The van der Waals surface area contributed by atoms with Crippen LogP contribution in [0.15, 0.2) is 0 Å². The lowest BCUT2D eigenvalue weighted by atomic mass is 9.79. The van der Waals surface area contributed by atoms with Crippen LogP contribution in [0, 0.1) is 0 Å². The zero-order valence-electron chi connectivity index (χ0n) is 14.4. The van der Waals surface area contributed by atoms with Gasteiger partial charge in [0.1, 0.15) is 6.16 Å². The maximum Gasteiger partial charge on any atom is 0.339 e. The summed E-state index contributed by atoms with van der Waals surface area (Å²) in [5, 5.41) is 14.5. The van der Waals surface area contributed by atoms with E-state index in [2.05, 4.69) is 5.32 Å². The molecular weight excluding hydrogens is 307 g/mol. The third-order valence-corrected chi connectivity index (χ3v) is 5.83. The van der Waals surface area contributed by atoms with Gasteiger partial charge in [-0.25, -0.2) is 0 Å². The maximum absolute atomic E-state index is 12.2. The number of carbonyl (C=O) groups is 1. The molecule has 7 nitrogen and oxygen atoms in total. The Morgan fingerprint density at radius 3 is 2.23 bits per heavy atom. The van der Waals surface area contributed by atoms with Crippen LogP contribution in [0.4, 0.5) is 0 Å². The average molecular weight is 336 g/mol. The van der Waals surface area contributed by atoms with Crippen LogP contribution in [0.25, 0.3) is 0 Å². The van der Waals surface area contributed by atoms with E-state index in [4.69, 9.17) is 9.05 Å². The molecule has 1 unspecified atom stereocenters. The first kappa shape index (κ1) is 19.6. The second-order valence-electron chi connectivity index (χ2n) is 6.98. The maximum atomic E-state index is 12.2. The molecule has 0 radical (unpaired) electrons. The summed E-state index contributed by atoms with van der Waals surface area (Å²) in [6.45, 7) is 9.62. The van der Waals surface area contributed by atoms with Gasteiger partial charge in [-0.2, -0.15) is 5.06 Å². The molecule has 0 aromatic rings.